The van der Waals surface area contributed by atoms with Crippen LogP contribution in [0.2, 0.25) is 5.02 Å². The standard InChI is InChI=1S/C28H37ClN6O2/c1-5-26(36)34-11-12-35(20(3)14-34)27-24-16-33(15-21-13-22(29)9-8-19(21)2)17-25(24)30-28(31-27)37-18-23-7-6-10-32(23)4/h5,8-9,13,20,23H,1,6-7,10-12,14-18H2,2-4H3/t20-,23-/m0/s1. The monoisotopic (exact) mass is 524 g/mol. The second kappa shape index (κ2) is 11.0. The molecule has 8 nitrogen and oxygen atoms in total. The molecule has 2 fully saturated rings. The van der Waals surface area contributed by atoms with Gasteiger partial charge in [0.25, 0.3) is 0 Å². The highest BCUT2D eigenvalue weighted by atomic mass is 35.5. The molecule has 0 saturated carbocycles. The molecule has 198 valence electrons. The van der Waals surface area contributed by atoms with Crippen LogP contribution in [0.1, 0.15) is 42.1 Å². The second-order valence-corrected chi connectivity index (χ2v) is 11.0. The van der Waals surface area contributed by atoms with Crippen molar-refractivity contribution >= 4 is 23.3 Å². The molecule has 1 aromatic heterocycles. The number of nitrogens with zero attached hydrogens (tertiary/aromatic N) is 6. The largest absolute Gasteiger partial charge is 0.462 e. The summed E-state index contributed by atoms with van der Waals surface area (Å²) in [5.41, 5.74) is 4.63. The van der Waals surface area contributed by atoms with E-state index in [2.05, 4.69) is 54.3 Å². The first-order valence-electron chi connectivity index (χ1n) is 13.2. The van der Waals surface area contributed by atoms with Crippen LogP contribution in [0.3, 0.4) is 0 Å². The van der Waals surface area contributed by atoms with Gasteiger partial charge in [0.05, 0.1) is 5.69 Å². The van der Waals surface area contributed by atoms with E-state index in [9.17, 15) is 4.79 Å². The topological polar surface area (TPSA) is 65.0 Å². The van der Waals surface area contributed by atoms with Crippen molar-refractivity contribution in [2.75, 3.05) is 44.7 Å². The summed E-state index contributed by atoms with van der Waals surface area (Å²) < 4.78 is 6.21. The zero-order valence-electron chi connectivity index (χ0n) is 22.1. The number of fused-ring (bicyclic) bond motifs is 1. The molecule has 3 aliphatic heterocycles. The van der Waals surface area contributed by atoms with Crippen LogP contribution < -0.4 is 9.64 Å². The van der Waals surface area contributed by atoms with Gasteiger partial charge in [-0.05, 0) is 69.6 Å². The van der Waals surface area contributed by atoms with Crippen molar-refractivity contribution in [2.45, 2.75) is 58.4 Å². The Bertz CT molecular complexity index is 1170. The van der Waals surface area contributed by atoms with Gasteiger partial charge in [-0.25, -0.2) is 0 Å². The predicted molar refractivity (Wildman–Crippen MR) is 146 cm³/mol. The van der Waals surface area contributed by atoms with E-state index in [-0.39, 0.29) is 11.9 Å². The summed E-state index contributed by atoms with van der Waals surface area (Å²) in [4.78, 5) is 31.0. The number of halogens is 1. The fraction of sp³-hybridized carbons (Fsp3) is 0.536. The minimum absolute atomic E-state index is 0.0211. The van der Waals surface area contributed by atoms with Crippen LogP contribution in [0.5, 0.6) is 6.01 Å². The lowest BCUT2D eigenvalue weighted by atomic mass is 10.1. The summed E-state index contributed by atoms with van der Waals surface area (Å²) in [6.07, 6.45) is 3.73. The number of likely N-dealkylation sites (tertiary alicyclic amines) is 1. The number of piperazine rings is 1. The Labute approximate surface area is 224 Å². The van der Waals surface area contributed by atoms with E-state index in [0.29, 0.717) is 38.3 Å². The van der Waals surface area contributed by atoms with E-state index in [4.69, 9.17) is 26.3 Å². The highest BCUT2D eigenvalue weighted by Crippen LogP contribution is 2.34. The van der Waals surface area contributed by atoms with Crippen molar-refractivity contribution in [3.05, 3.63) is 58.3 Å². The maximum absolute atomic E-state index is 12.2. The molecule has 3 aliphatic rings. The molecule has 4 heterocycles. The third kappa shape index (κ3) is 5.61. The summed E-state index contributed by atoms with van der Waals surface area (Å²) in [5.74, 6) is 0.912. The van der Waals surface area contributed by atoms with Gasteiger partial charge in [-0.1, -0.05) is 24.2 Å². The van der Waals surface area contributed by atoms with E-state index < -0.39 is 0 Å². The van der Waals surface area contributed by atoms with E-state index >= 15 is 0 Å². The SMILES string of the molecule is C=CC(=O)N1CCN(c2nc(OC[C@@H]3CCCN3C)nc3c2CN(Cc2cc(Cl)ccc2C)C3)[C@@H](C)C1. The lowest BCUT2D eigenvalue weighted by molar-refractivity contribution is -0.126. The number of carbonyl (C=O) groups is 1. The fourth-order valence-electron chi connectivity index (χ4n) is 5.71. The van der Waals surface area contributed by atoms with Crippen LogP contribution in [-0.2, 0) is 24.4 Å². The number of aromatic nitrogens is 2. The molecule has 0 unspecified atom stereocenters. The summed E-state index contributed by atoms with van der Waals surface area (Å²) in [5, 5.41) is 0.756. The minimum Gasteiger partial charge on any atom is -0.462 e. The molecule has 0 radical (unpaired) electrons. The van der Waals surface area contributed by atoms with Crippen molar-refractivity contribution in [3.8, 4) is 6.01 Å². The number of rotatable bonds is 7. The number of likely N-dealkylation sites (N-methyl/N-ethyl adjacent to an activating group) is 1. The van der Waals surface area contributed by atoms with Crippen LogP contribution in [0, 0.1) is 6.92 Å². The zero-order valence-corrected chi connectivity index (χ0v) is 22.9. The Kier molecular flexibility index (Phi) is 7.70. The molecule has 0 spiro atoms. The van der Waals surface area contributed by atoms with Gasteiger partial charge in [0, 0.05) is 61.9 Å². The quantitative estimate of drug-likeness (QED) is 0.512. The van der Waals surface area contributed by atoms with Crippen molar-refractivity contribution in [2.24, 2.45) is 0 Å². The van der Waals surface area contributed by atoms with Gasteiger partial charge < -0.3 is 19.4 Å². The van der Waals surface area contributed by atoms with Crippen LogP contribution in [0.4, 0.5) is 5.82 Å². The molecule has 0 aliphatic carbocycles. The molecule has 0 N–H and O–H groups in total. The summed E-state index contributed by atoms with van der Waals surface area (Å²) in [6.45, 7) is 13.9. The molecular weight excluding hydrogens is 488 g/mol. The predicted octanol–water partition coefficient (Wildman–Crippen LogP) is 3.65. The highest BCUT2D eigenvalue weighted by molar-refractivity contribution is 6.30. The number of anilines is 1. The number of hydrogen-bond donors (Lipinski definition) is 0. The van der Waals surface area contributed by atoms with Crippen LogP contribution in [-0.4, -0.2) is 82.5 Å². The third-order valence-electron chi connectivity index (χ3n) is 7.97. The first-order chi connectivity index (χ1) is 17.8. The van der Waals surface area contributed by atoms with E-state index in [1.54, 1.807) is 0 Å². The van der Waals surface area contributed by atoms with Crippen LogP contribution in [0.15, 0.2) is 30.9 Å². The molecule has 2 saturated heterocycles. The third-order valence-corrected chi connectivity index (χ3v) is 8.21. The molecule has 0 bridgehead atoms. The first-order valence-corrected chi connectivity index (χ1v) is 13.6. The lowest BCUT2D eigenvalue weighted by Gasteiger charge is -2.40. The number of amides is 1. The van der Waals surface area contributed by atoms with Gasteiger partial charge in [0.15, 0.2) is 0 Å². The van der Waals surface area contributed by atoms with Gasteiger partial charge in [0.2, 0.25) is 5.91 Å². The van der Waals surface area contributed by atoms with Gasteiger partial charge in [-0.15, -0.1) is 0 Å². The van der Waals surface area contributed by atoms with Crippen molar-refractivity contribution in [1.29, 1.82) is 0 Å². The van der Waals surface area contributed by atoms with E-state index in [1.807, 2.05) is 11.0 Å². The number of aryl methyl sites for hydroxylation is 1. The Morgan fingerprint density at radius 2 is 2.08 bits per heavy atom. The summed E-state index contributed by atoms with van der Waals surface area (Å²) in [7, 11) is 2.15. The fourth-order valence-corrected chi connectivity index (χ4v) is 5.90. The summed E-state index contributed by atoms with van der Waals surface area (Å²) in [6, 6.07) is 7.03. The number of benzene rings is 1. The van der Waals surface area contributed by atoms with E-state index in [0.717, 1.165) is 54.7 Å². The van der Waals surface area contributed by atoms with Gasteiger partial charge >= 0.3 is 6.01 Å². The lowest BCUT2D eigenvalue weighted by Crippen LogP contribution is -2.54. The minimum atomic E-state index is -0.0211. The smallest absolute Gasteiger partial charge is 0.318 e. The Balaban J connectivity index is 1.40. The number of carbonyl (C=O) groups excluding carboxylic acids is 1. The van der Waals surface area contributed by atoms with Gasteiger partial charge in [-0.2, -0.15) is 9.97 Å². The molecule has 2 atom stereocenters. The van der Waals surface area contributed by atoms with Crippen molar-refractivity contribution < 1.29 is 9.53 Å². The van der Waals surface area contributed by atoms with Crippen LogP contribution >= 0.6 is 11.6 Å². The molecule has 37 heavy (non-hydrogen) atoms. The molecule has 2 aromatic rings. The average molecular weight is 525 g/mol. The van der Waals surface area contributed by atoms with Crippen molar-refractivity contribution in [3.63, 3.8) is 0 Å². The molecule has 1 amide bonds. The van der Waals surface area contributed by atoms with Crippen LogP contribution in [0.25, 0.3) is 0 Å². The van der Waals surface area contributed by atoms with E-state index in [1.165, 1.54) is 23.6 Å². The molecule has 9 heteroatoms. The summed E-state index contributed by atoms with van der Waals surface area (Å²) >= 11 is 6.30. The normalized spacial score (nSPS) is 22.4. The number of hydrogen-bond acceptors (Lipinski definition) is 7. The maximum Gasteiger partial charge on any atom is 0.318 e. The Morgan fingerprint density at radius 1 is 1.24 bits per heavy atom. The number of ether oxygens (including phenoxy) is 1. The zero-order chi connectivity index (χ0) is 26.1. The first kappa shape index (κ1) is 25.9. The van der Waals surface area contributed by atoms with Gasteiger partial charge in [-0.3, -0.25) is 9.69 Å². The Morgan fingerprint density at radius 3 is 2.81 bits per heavy atom. The average Bonchev–Trinajstić information content (AvgIpc) is 3.49. The molecular formula is C28H37ClN6O2. The second-order valence-electron chi connectivity index (χ2n) is 10.6. The maximum atomic E-state index is 12.2. The highest BCUT2D eigenvalue weighted by Gasteiger charge is 2.33. The molecule has 1 aromatic carbocycles. The molecule has 5 rings (SSSR count). The van der Waals surface area contributed by atoms with Gasteiger partial charge in [0.1, 0.15) is 12.4 Å². The van der Waals surface area contributed by atoms with Crippen molar-refractivity contribution in [1.82, 2.24) is 24.7 Å². The Hall–Kier alpha value is -2.68.